The fourth-order valence-electron chi connectivity index (χ4n) is 1.30. The smallest absolute Gasteiger partial charge is 0.179 e. The second-order valence-electron chi connectivity index (χ2n) is 2.66. The van der Waals surface area contributed by atoms with Crippen molar-refractivity contribution in [3.8, 4) is 6.19 Å². The molecule has 0 aromatic heterocycles. The highest BCUT2D eigenvalue weighted by Crippen LogP contribution is 2.14. The Labute approximate surface area is 61.2 Å². The Bertz CT molecular complexity index is 141. The van der Waals surface area contributed by atoms with Gasteiger partial charge in [0.05, 0.1) is 6.61 Å². The summed E-state index contributed by atoms with van der Waals surface area (Å²) >= 11 is 0. The number of hydrogen-bond acceptors (Lipinski definition) is 3. The van der Waals surface area contributed by atoms with Crippen LogP contribution in [0.1, 0.15) is 6.42 Å². The average Bonchev–Trinajstić information content (AvgIpc) is 2.37. The van der Waals surface area contributed by atoms with Gasteiger partial charge in [-0.15, -0.1) is 0 Å². The van der Waals surface area contributed by atoms with E-state index in [2.05, 4.69) is 6.19 Å². The van der Waals surface area contributed by atoms with Crippen molar-refractivity contribution in [2.24, 2.45) is 5.92 Å². The normalized spacial score (nSPS) is 24.8. The molecule has 1 unspecified atom stereocenters. The minimum atomic E-state index is 0.574. The number of likely N-dealkylation sites (tertiary alicyclic amines) is 1. The highest BCUT2D eigenvalue weighted by molar-refractivity contribution is 4.83. The molecule has 1 aliphatic rings. The van der Waals surface area contributed by atoms with Crippen LogP contribution in [0.2, 0.25) is 0 Å². The van der Waals surface area contributed by atoms with E-state index < -0.39 is 0 Å². The van der Waals surface area contributed by atoms with Gasteiger partial charge in [-0.05, 0) is 6.42 Å². The van der Waals surface area contributed by atoms with Gasteiger partial charge in [-0.1, -0.05) is 0 Å². The quantitative estimate of drug-likeness (QED) is 0.522. The van der Waals surface area contributed by atoms with Crippen LogP contribution in [0, 0.1) is 17.4 Å². The number of ether oxygens (including phenoxy) is 1. The average molecular weight is 140 g/mol. The molecule has 0 bridgehead atoms. The third-order valence-corrected chi connectivity index (χ3v) is 1.83. The summed E-state index contributed by atoms with van der Waals surface area (Å²) in [5.41, 5.74) is 0. The van der Waals surface area contributed by atoms with Crippen molar-refractivity contribution in [2.75, 3.05) is 26.8 Å². The standard InChI is InChI=1S/C7H12N2O/c1-10-5-7-2-3-9(4-7)6-8/h7H,2-5H2,1H3. The molecule has 0 N–H and O–H groups in total. The Morgan fingerprint density at radius 2 is 2.60 bits per heavy atom. The third-order valence-electron chi connectivity index (χ3n) is 1.83. The van der Waals surface area contributed by atoms with E-state index >= 15 is 0 Å². The molecular weight excluding hydrogens is 128 g/mol. The van der Waals surface area contributed by atoms with E-state index in [1.54, 1.807) is 12.0 Å². The number of rotatable bonds is 2. The highest BCUT2D eigenvalue weighted by Gasteiger charge is 2.20. The zero-order chi connectivity index (χ0) is 7.40. The van der Waals surface area contributed by atoms with Crippen LogP contribution in [0.25, 0.3) is 0 Å². The zero-order valence-electron chi connectivity index (χ0n) is 6.21. The van der Waals surface area contributed by atoms with Crippen molar-refractivity contribution in [3.05, 3.63) is 0 Å². The minimum Gasteiger partial charge on any atom is -0.384 e. The molecular formula is C7H12N2O. The van der Waals surface area contributed by atoms with Gasteiger partial charge in [0.1, 0.15) is 0 Å². The first-order chi connectivity index (χ1) is 4.86. The molecule has 0 amide bonds. The van der Waals surface area contributed by atoms with Crippen molar-refractivity contribution >= 4 is 0 Å². The molecule has 0 aliphatic carbocycles. The van der Waals surface area contributed by atoms with E-state index in [0.717, 1.165) is 26.1 Å². The second-order valence-corrected chi connectivity index (χ2v) is 2.66. The molecule has 1 rings (SSSR count). The van der Waals surface area contributed by atoms with Gasteiger partial charge in [0.2, 0.25) is 0 Å². The fraction of sp³-hybridized carbons (Fsp3) is 0.857. The van der Waals surface area contributed by atoms with Gasteiger partial charge >= 0.3 is 0 Å². The van der Waals surface area contributed by atoms with E-state index in [-0.39, 0.29) is 0 Å². The SMILES string of the molecule is COCC1CCN(C#N)C1. The van der Waals surface area contributed by atoms with Gasteiger partial charge in [-0.3, -0.25) is 0 Å². The maximum atomic E-state index is 8.49. The molecule has 1 heterocycles. The summed E-state index contributed by atoms with van der Waals surface area (Å²) in [6.07, 6.45) is 3.23. The number of methoxy groups -OCH3 is 1. The van der Waals surface area contributed by atoms with Crippen molar-refractivity contribution < 1.29 is 4.74 Å². The Hall–Kier alpha value is -0.750. The zero-order valence-corrected chi connectivity index (χ0v) is 6.21. The van der Waals surface area contributed by atoms with Gasteiger partial charge in [0.25, 0.3) is 0 Å². The Morgan fingerprint density at radius 3 is 3.10 bits per heavy atom. The first-order valence-corrected chi connectivity index (χ1v) is 3.50. The Balaban J connectivity index is 2.23. The number of nitriles is 1. The van der Waals surface area contributed by atoms with E-state index in [9.17, 15) is 0 Å². The Kier molecular flexibility index (Phi) is 2.52. The van der Waals surface area contributed by atoms with E-state index in [0.29, 0.717) is 5.92 Å². The lowest BCUT2D eigenvalue weighted by Crippen LogP contribution is -2.15. The molecule has 1 fully saturated rings. The molecule has 0 aromatic rings. The fourth-order valence-corrected chi connectivity index (χ4v) is 1.30. The lowest BCUT2D eigenvalue weighted by molar-refractivity contribution is 0.157. The van der Waals surface area contributed by atoms with Gasteiger partial charge in [0.15, 0.2) is 6.19 Å². The molecule has 0 spiro atoms. The predicted octanol–water partition coefficient (Wildman–Crippen LogP) is 0.436. The van der Waals surface area contributed by atoms with Gasteiger partial charge in [-0.25, -0.2) is 0 Å². The predicted molar refractivity (Wildman–Crippen MR) is 37.2 cm³/mol. The second kappa shape index (κ2) is 3.43. The first kappa shape index (κ1) is 7.36. The summed E-state index contributed by atoms with van der Waals surface area (Å²) < 4.78 is 4.98. The van der Waals surface area contributed by atoms with Crippen LogP contribution in [-0.2, 0) is 4.74 Å². The van der Waals surface area contributed by atoms with Crippen molar-refractivity contribution in [1.29, 1.82) is 5.26 Å². The van der Waals surface area contributed by atoms with Gasteiger partial charge in [-0.2, -0.15) is 5.26 Å². The lowest BCUT2D eigenvalue weighted by Gasteiger charge is -2.06. The van der Waals surface area contributed by atoms with Gasteiger partial charge in [0, 0.05) is 26.1 Å². The molecule has 3 nitrogen and oxygen atoms in total. The molecule has 1 saturated heterocycles. The maximum Gasteiger partial charge on any atom is 0.179 e. The molecule has 0 aromatic carbocycles. The van der Waals surface area contributed by atoms with Crippen LogP contribution in [-0.4, -0.2) is 31.7 Å². The topological polar surface area (TPSA) is 36.3 Å². The first-order valence-electron chi connectivity index (χ1n) is 3.50. The minimum absolute atomic E-state index is 0.574. The molecule has 1 aliphatic heterocycles. The van der Waals surface area contributed by atoms with Crippen molar-refractivity contribution in [1.82, 2.24) is 4.90 Å². The van der Waals surface area contributed by atoms with Crippen molar-refractivity contribution in [3.63, 3.8) is 0 Å². The van der Waals surface area contributed by atoms with Gasteiger partial charge < -0.3 is 9.64 Å². The molecule has 3 heteroatoms. The maximum absolute atomic E-state index is 8.49. The van der Waals surface area contributed by atoms with Crippen LogP contribution >= 0.6 is 0 Å². The van der Waals surface area contributed by atoms with Crippen LogP contribution in [0.15, 0.2) is 0 Å². The van der Waals surface area contributed by atoms with Crippen LogP contribution in [0.4, 0.5) is 0 Å². The summed E-state index contributed by atoms with van der Waals surface area (Å²) in [7, 11) is 1.70. The van der Waals surface area contributed by atoms with E-state index in [4.69, 9.17) is 10.00 Å². The van der Waals surface area contributed by atoms with E-state index in [1.807, 2.05) is 0 Å². The van der Waals surface area contributed by atoms with Crippen LogP contribution in [0.5, 0.6) is 0 Å². The molecule has 10 heavy (non-hydrogen) atoms. The Morgan fingerprint density at radius 1 is 1.80 bits per heavy atom. The summed E-state index contributed by atoms with van der Waals surface area (Å²) in [4.78, 5) is 1.78. The van der Waals surface area contributed by atoms with Crippen LogP contribution in [0.3, 0.4) is 0 Å². The largest absolute Gasteiger partial charge is 0.384 e. The summed E-state index contributed by atoms with van der Waals surface area (Å²) in [6.45, 7) is 2.58. The molecule has 1 atom stereocenters. The highest BCUT2D eigenvalue weighted by atomic mass is 16.5. The number of nitrogens with zero attached hydrogens (tertiary/aromatic N) is 2. The lowest BCUT2D eigenvalue weighted by atomic mass is 10.1. The summed E-state index contributed by atoms with van der Waals surface area (Å²) in [5, 5.41) is 8.49. The summed E-state index contributed by atoms with van der Waals surface area (Å²) in [6, 6.07) is 0. The summed E-state index contributed by atoms with van der Waals surface area (Å²) in [5.74, 6) is 0.574. The molecule has 0 radical (unpaired) electrons. The monoisotopic (exact) mass is 140 g/mol. The number of hydrogen-bond donors (Lipinski definition) is 0. The van der Waals surface area contributed by atoms with Crippen molar-refractivity contribution in [2.45, 2.75) is 6.42 Å². The van der Waals surface area contributed by atoms with Crippen LogP contribution < -0.4 is 0 Å². The third kappa shape index (κ3) is 1.61. The van der Waals surface area contributed by atoms with E-state index in [1.165, 1.54) is 0 Å². The molecule has 0 saturated carbocycles. The molecule has 56 valence electrons.